The summed E-state index contributed by atoms with van der Waals surface area (Å²) < 4.78 is 43.4. The van der Waals surface area contributed by atoms with Crippen LogP contribution < -0.4 is 4.74 Å². The Balaban J connectivity index is 1.93. The van der Waals surface area contributed by atoms with Crippen molar-refractivity contribution in [3.63, 3.8) is 0 Å². The fourth-order valence-corrected chi connectivity index (χ4v) is 2.66. The normalized spacial score (nSPS) is 12.0. The number of halogens is 4. The van der Waals surface area contributed by atoms with Crippen molar-refractivity contribution in [2.75, 3.05) is 0 Å². The minimum atomic E-state index is -4.84. The van der Waals surface area contributed by atoms with Gasteiger partial charge < -0.3 is 4.74 Å². The number of rotatable bonds is 2. The molecule has 0 amide bonds. The molecule has 0 aliphatic carbocycles. The largest absolute Gasteiger partial charge is 0.573 e. The number of para-hydroxylation sites is 1. The molecule has 0 unspecified atom stereocenters. The smallest absolute Gasteiger partial charge is 0.405 e. The highest BCUT2D eigenvalue weighted by atomic mass is 35.5. The van der Waals surface area contributed by atoms with Gasteiger partial charge in [0.1, 0.15) is 12.1 Å². The van der Waals surface area contributed by atoms with Gasteiger partial charge in [0.25, 0.3) is 0 Å². The van der Waals surface area contributed by atoms with Crippen LogP contribution in [0.2, 0.25) is 5.02 Å². The quantitative estimate of drug-likeness (QED) is 0.525. The van der Waals surface area contributed by atoms with Crippen molar-refractivity contribution < 1.29 is 17.9 Å². The summed E-state index contributed by atoms with van der Waals surface area (Å²) >= 11 is 5.92. The number of ether oxygens (including phenoxy) is 1. The third kappa shape index (κ3) is 2.96. The van der Waals surface area contributed by atoms with Crippen molar-refractivity contribution in [2.24, 2.45) is 0 Å². The summed E-state index contributed by atoms with van der Waals surface area (Å²) in [5, 5.41) is 5.17. The fraction of sp³-hybridized carbons (Fsp3) is 0.0625. The summed E-state index contributed by atoms with van der Waals surface area (Å²) in [6.07, 6.45) is -3.39. The molecule has 0 fully saturated rings. The number of aromatic nitrogens is 4. The molecule has 0 bridgehead atoms. The average molecular weight is 365 g/mol. The Kier molecular flexibility index (Phi) is 3.50. The standard InChI is InChI=1S/C16H8ClF3N4O/c17-9-5-6-13(25-16(18,19)20)11(7-9)14-22-15-10-3-1-2-4-12(10)21-8-24(15)23-14/h1-8H. The minimum Gasteiger partial charge on any atom is -0.405 e. The zero-order chi connectivity index (χ0) is 17.6. The fourth-order valence-electron chi connectivity index (χ4n) is 2.48. The highest BCUT2D eigenvalue weighted by Gasteiger charge is 2.32. The SMILES string of the molecule is FC(F)(F)Oc1ccc(Cl)cc1-c1nc2c3ccccc3ncn2n1. The van der Waals surface area contributed by atoms with Gasteiger partial charge in [-0.1, -0.05) is 23.7 Å². The molecule has 2 heterocycles. The molecule has 0 aliphatic heterocycles. The van der Waals surface area contributed by atoms with E-state index in [-0.39, 0.29) is 16.4 Å². The Morgan fingerprint density at radius 2 is 1.88 bits per heavy atom. The topological polar surface area (TPSA) is 52.3 Å². The number of hydrogen-bond donors (Lipinski definition) is 0. The van der Waals surface area contributed by atoms with Gasteiger partial charge >= 0.3 is 6.36 Å². The minimum absolute atomic E-state index is 0.0395. The predicted octanol–water partition coefficient (Wildman–Crippen LogP) is 4.50. The number of hydrogen-bond acceptors (Lipinski definition) is 4. The predicted molar refractivity (Wildman–Crippen MR) is 85.4 cm³/mol. The molecule has 4 aromatic rings. The van der Waals surface area contributed by atoms with E-state index in [0.29, 0.717) is 11.2 Å². The number of fused-ring (bicyclic) bond motifs is 3. The molecule has 0 atom stereocenters. The lowest BCUT2D eigenvalue weighted by atomic mass is 10.2. The molecule has 0 saturated heterocycles. The average Bonchev–Trinajstić information content (AvgIpc) is 3.00. The van der Waals surface area contributed by atoms with E-state index in [4.69, 9.17) is 11.6 Å². The van der Waals surface area contributed by atoms with E-state index in [1.807, 2.05) is 12.1 Å². The Morgan fingerprint density at radius 1 is 1.08 bits per heavy atom. The lowest BCUT2D eigenvalue weighted by molar-refractivity contribution is -0.274. The molecule has 5 nitrogen and oxygen atoms in total. The van der Waals surface area contributed by atoms with Crippen molar-refractivity contribution in [3.8, 4) is 17.1 Å². The summed E-state index contributed by atoms with van der Waals surface area (Å²) in [5.41, 5.74) is 1.21. The van der Waals surface area contributed by atoms with E-state index in [0.717, 1.165) is 11.5 Å². The van der Waals surface area contributed by atoms with Gasteiger partial charge in [-0.25, -0.2) is 14.5 Å². The summed E-state index contributed by atoms with van der Waals surface area (Å²) in [7, 11) is 0. The van der Waals surface area contributed by atoms with Crippen LogP contribution in [-0.2, 0) is 0 Å². The van der Waals surface area contributed by atoms with Crippen LogP contribution in [0.1, 0.15) is 0 Å². The molecule has 0 N–H and O–H groups in total. The molecule has 2 aromatic heterocycles. The van der Waals surface area contributed by atoms with Crippen molar-refractivity contribution in [1.82, 2.24) is 19.6 Å². The van der Waals surface area contributed by atoms with E-state index < -0.39 is 12.1 Å². The first-order valence-corrected chi connectivity index (χ1v) is 7.44. The molecule has 2 aromatic carbocycles. The molecule has 0 saturated carbocycles. The highest BCUT2D eigenvalue weighted by Crippen LogP contribution is 2.34. The molecule has 126 valence electrons. The van der Waals surface area contributed by atoms with Gasteiger partial charge in [-0.3, -0.25) is 0 Å². The first-order valence-electron chi connectivity index (χ1n) is 7.06. The molecule has 0 aliphatic rings. The summed E-state index contributed by atoms with van der Waals surface area (Å²) in [6, 6.07) is 11.0. The van der Waals surface area contributed by atoms with Crippen LogP contribution in [0.25, 0.3) is 27.9 Å². The van der Waals surface area contributed by atoms with Crippen LogP contribution in [-0.4, -0.2) is 25.9 Å². The maximum absolute atomic E-state index is 12.6. The molecular weight excluding hydrogens is 357 g/mol. The second-order valence-corrected chi connectivity index (χ2v) is 5.59. The van der Waals surface area contributed by atoms with Gasteiger partial charge in [-0.2, -0.15) is 0 Å². The number of benzene rings is 2. The summed E-state index contributed by atoms with van der Waals surface area (Å²) in [5.74, 6) is -0.370. The first kappa shape index (κ1) is 15.6. The second-order valence-electron chi connectivity index (χ2n) is 5.15. The number of alkyl halides is 3. The Bertz CT molecular complexity index is 1090. The number of nitrogens with zero attached hydrogens (tertiary/aromatic N) is 4. The lowest BCUT2D eigenvalue weighted by Crippen LogP contribution is -2.17. The second kappa shape index (κ2) is 5.59. The Morgan fingerprint density at radius 3 is 2.68 bits per heavy atom. The Labute approximate surface area is 143 Å². The van der Waals surface area contributed by atoms with Crippen LogP contribution >= 0.6 is 11.6 Å². The van der Waals surface area contributed by atoms with E-state index in [9.17, 15) is 13.2 Å². The van der Waals surface area contributed by atoms with Gasteiger partial charge in [0.2, 0.25) is 0 Å². The van der Waals surface area contributed by atoms with Crippen molar-refractivity contribution in [1.29, 1.82) is 0 Å². The maximum atomic E-state index is 12.6. The van der Waals surface area contributed by atoms with Gasteiger partial charge in [0.15, 0.2) is 11.5 Å². The maximum Gasteiger partial charge on any atom is 0.573 e. The first-order chi connectivity index (χ1) is 11.9. The van der Waals surface area contributed by atoms with Crippen LogP contribution in [0.4, 0.5) is 13.2 Å². The Hall–Kier alpha value is -2.87. The van der Waals surface area contributed by atoms with Crippen LogP contribution in [0, 0.1) is 0 Å². The van der Waals surface area contributed by atoms with E-state index >= 15 is 0 Å². The zero-order valence-electron chi connectivity index (χ0n) is 12.3. The highest BCUT2D eigenvalue weighted by molar-refractivity contribution is 6.30. The van der Waals surface area contributed by atoms with Crippen molar-refractivity contribution in [2.45, 2.75) is 6.36 Å². The van der Waals surface area contributed by atoms with Gasteiger partial charge in [0.05, 0.1) is 11.1 Å². The van der Waals surface area contributed by atoms with Crippen LogP contribution in [0.15, 0.2) is 48.8 Å². The van der Waals surface area contributed by atoms with Crippen LogP contribution in [0.5, 0.6) is 5.75 Å². The van der Waals surface area contributed by atoms with Crippen molar-refractivity contribution in [3.05, 3.63) is 53.8 Å². The summed E-state index contributed by atoms with van der Waals surface area (Å²) in [6.45, 7) is 0. The molecule has 0 radical (unpaired) electrons. The zero-order valence-corrected chi connectivity index (χ0v) is 13.1. The van der Waals surface area contributed by atoms with Crippen molar-refractivity contribution >= 4 is 28.2 Å². The van der Waals surface area contributed by atoms with Gasteiger partial charge in [-0.15, -0.1) is 18.3 Å². The lowest BCUT2D eigenvalue weighted by Gasteiger charge is -2.11. The van der Waals surface area contributed by atoms with E-state index in [1.165, 1.54) is 23.0 Å². The monoisotopic (exact) mass is 364 g/mol. The molecule has 25 heavy (non-hydrogen) atoms. The molecular formula is C16H8ClF3N4O. The van der Waals surface area contributed by atoms with E-state index in [2.05, 4.69) is 19.8 Å². The third-order valence-electron chi connectivity index (χ3n) is 3.49. The molecule has 9 heteroatoms. The summed E-state index contributed by atoms with van der Waals surface area (Å²) in [4.78, 5) is 8.59. The van der Waals surface area contributed by atoms with Gasteiger partial charge in [0, 0.05) is 10.4 Å². The van der Waals surface area contributed by atoms with E-state index in [1.54, 1.807) is 12.1 Å². The molecule has 0 spiro atoms. The third-order valence-corrected chi connectivity index (χ3v) is 3.73. The van der Waals surface area contributed by atoms with Gasteiger partial charge in [-0.05, 0) is 30.3 Å². The van der Waals surface area contributed by atoms with Crippen LogP contribution in [0.3, 0.4) is 0 Å². The molecule has 4 rings (SSSR count).